The number of aryl methyl sites for hydroxylation is 3. The summed E-state index contributed by atoms with van der Waals surface area (Å²) < 4.78 is 11.7. The molecule has 1 saturated heterocycles. The lowest BCUT2D eigenvalue weighted by Gasteiger charge is -2.14. The van der Waals surface area contributed by atoms with Crippen LogP contribution in [0.5, 0.6) is 11.5 Å². The van der Waals surface area contributed by atoms with Gasteiger partial charge in [0.1, 0.15) is 0 Å². The molecule has 0 aliphatic carbocycles. The molecular formula is C29H28N2O4S2. The predicted molar refractivity (Wildman–Crippen MR) is 155 cm³/mol. The minimum absolute atomic E-state index is 0.165. The summed E-state index contributed by atoms with van der Waals surface area (Å²) >= 11 is 6.75. The molecule has 0 saturated carbocycles. The number of rotatable bonds is 8. The maximum absolute atomic E-state index is 13.1. The van der Waals surface area contributed by atoms with Crippen molar-refractivity contribution < 1.29 is 19.1 Å². The fourth-order valence-corrected chi connectivity index (χ4v) is 5.11. The van der Waals surface area contributed by atoms with Crippen LogP contribution >= 0.6 is 24.0 Å². The molecule has 1 aliphatic heterocycles. The second-order valence-electron chi connectivity index (χ2n) is 8.60. The molecule has 3 aromatic carbocycles. The second-order valence-corrected chi connectivity index (χ2v) is 10.3. The molecule has 0 bridgehead atoms. The lowest BCUT2D eigenvalue weighted by molar-refractivity contribution is -0.118. The maximum atomic E-state index is 13.1. The highest BCUT2D eigenvalue weighted by Crippen LogP contribution is 2.37. The molecule has 0 aromatic heterocycles. The lowest BCUT2D eigenvalue weighted by atomic mass is 10.1. The van der Waals surface area contributed by atoms with Gasteiger partial charge in [0.05, 0.1) is 17.7 Å². The summed E-state index contributed by atoms with van der Waals surface area (Å²) in [7, 11) is 1.53. The van der Waals surface area contributed by atoms with Crippen LogP contribution in [0.2, 0.25) is 0 Å². The van der Waals surface area contributed by atoms with Crippen molar-refractivity contribution in [2.24, 2.45) is 0 Å². The van der Waals surface area contributed by atoms with Crippen LogP contribution < -0.4 is 19.7 Å². The number of hydrogen-bond donors (Lipinski definition) is 1. The Bertz CT molecular complexity index is 1380. The summed E-state index contributed by atoms with van der Waals surface area (Å²) in [6.45, 7) is 5.83. The zero-order chi connectivity index (χ0) is 26.5. The number of amides is 2. The van der Waals surface area contributed by atoms with E-state index >= 15 is 0 Å². The summed E-state index contributed by atoms with van der Waals surface area (Å²) in [6, 6.07) is 19.0. The van der Waals surface area contributed by atoms with E-state index in [1.807, 2.05) is 62.4 Å². The van der Waals surface area contributed by atoms with E-state index in [0.29, 0.717) is 20.7 Å². The number of ether oxygens (including phenoxy) is 2. The topological polar surface area (TPSA) is 67.9 Å². The van der Waals surface area contributed by atoms with Crippen LogP contribution in [0.4, 0.5) is 11.4 Å². The zero-order valence-corrected chi connectivity index (χ0v) is 22.8. The van der Waals surface area contributed by atoms with Crippen molar-refractivity contribution in [2.45, 2.75) is 27.2 Å². The van der Waals surface area contributed by atoms with Gasteiger partial charge < -0.3 is 14.8 Å². The Labute approximate surface area is 226 Å². The van der Waals surface area contributed by atoms with Crippen molar-refractivity contribution in [3.8, 4) is 11.5 Å². The maximum Gasteiger partial charge on any atom is 0.270 e. The molecule has 190 valence electrons. The van der Waals surface area contributed by atoms with E-state index in [1.54, 1.807) is 23.1 Å². The minimum Gasteiger partial charge on any atom is -0.493 e. The minimum atomic E-state index is -0.268. The SMILES string of the molecule is CCc1ccc(N2C(=O)/C(=C/c3ccc(OCC(=O)Nc4cc(C)ccc4C)c(OC)c3)SC2=S)cc1. The van der Waals surface area contributed by atoms with Crippen LogP contribution in [0.25, 0.3) is 6.08 Å². The molecule has 8 heteroatoms. The van der Waals surface area contributed by atoms with E-state index in [0.717, 1.165) is 34.5 Å². The number of carbonyl (C=O) groups excluding carboxylic acids is 2. The number of carbonyl (C=O) groups is 2. The Morgan fingerprint density at radius 2 is 1.81 bits per heavy atom. The first kappa shape index (κ1) is 26.4. The molecule has 0 unspecified atom stereocenters. The van der Waals surface area contributed by atoms with Gasteiger partial charge in [-0.05, 0) is 78.9 Å². The van der Waals surface area contributed by atoms with Gasteiger partial charge in [0.25, 0.3) is 11.8 Å². The van der Waals surface area contributed by atoms with Gasteiger partial charge in [-0.2, -0.15) is 0 Å². The van der Waals surface area contributed by atoms with Crippen LogP contribution in [0.1, 0.15) is 29.2 Å². The van der Waals surface area contributed by atoms with Crippen LogP contribution in [0, 0.1) is 13.8 Å². The van der Waals surface area contributed by atoms with Crippen LogP contribution in [0.15, 0.2) is 65.6 Å². The summed E-state index contributed by atoms with van der Waals surface area (Å²) in [4.78, 5) is 27.6. The van der Waals surface area contributed by atoms with Crippen molar-refractivity contribution in [3.63, 3.8) is 0 Å². The van der Waals surface area contributed by atoms with Gasteiger partial charge >= 0.3 is 0 Å². The van der Waals surface area contributed by atoms with Crippen molar-refractivity contribution in [3.05, 3.63) is 87.8 Å². The molecule has 1 fully saturated rings. The Balaban J connectivity index is 1.45. The molecule has 0 spiro atoms. The third-order valence-electron chi connectivity index (χ3n) is 5.91. The van der Waals surface area contributed by atoms with E-state index in [9.17, 15) is 9.59 Å². The zero-order valence-electron chi connectivity index (χ0n) is 21.2. The van der Waals surface area contributed by atoms with E-state index in [2.05, 4.69) is 12.2 Å². The van der Waals surface area contributed by atoms with Crippen molar-refractivity contribution in [2.75, 3.05) is 23.9 Å². The molecule has 2 amide bonds. The first-order chi connectivity index (χ1) is 17.8. The first-order valence-electron chi connectivity index (χ1n) is 11.8. The first-order valence-corrected chi connectivity index (χ1v) is 13.1. The van der Waals surface area contributed by atoms with Gasteiger partial charge in [-0.3, -0.25) is 14.5 Å². The van der Waals surface area contributed by atoms with Gasteiger partial charge in [0.2, 0.25) is 0 Å². The third kappa shape index (κ3) is 6.21. The Kier molecular flexibility index (Phi) is 8.31. The van der Waals surface area contributed by atoms with Gasteiger partial charge in [-0.1, -0.05) is 61.2 Å². The average Bonchev–Trinajstić information content (AvgIpc) is 3.17. The highest BCUT2D eigenvalue weighted by molar-refractivity contribution is 8.27. The molecule has 0 radical (unpaired) electrons. The van der Waals surface area contributed by atoms with Crippen molar-refractivity contribution in [1.82, 2.24) is 0 Å². The number of thioether (sulfide) groups is 1. The molecule has 37 heavy (non-hydrogen) atoms. The van der Waals surface area contributed by atoms with Gasteiger partial charge in [0, 0.05) is 5.69 Å². The van der Waals surface area contributed by atoms with Gasteiger partial charge in [-0.25, -0.2) is 0 Å². The third-order valence-corrected chi connectivity index (χ3v) is 7.21. The Morgan fingerprint density at radius 3 is 2.51 bits per heavy atom. The summed E-state index contributed by atoms with van der Waals surface area (Å²) in [5, 5.41) is 2.88. The lowest BCUT2D eigenvalue weighted by Crippen LogP contribution is -2.27. The van der Waals surface area contributed by atoms with E-state index in [1.165, 1.54) is 24.4 Å². The molecule has 1 aliphatic rings. The van der Waals surface area contributed by atoms with E-state index in [-0.39, 0.29) is 18.4 Å². The van der Waals surface area contributed by atoms with Gasteiger partial charge in [0.15, 0.2) is 22.4 Å². The number of methoxy groups -OCH3 is 1. The summed E-state index contributed by atoms with van der Waals surface area (Å²) in [5.74, 6) is 0.454. The number of nitrogens with one attached hydrogen (secondary N) is 1. The molecular weight excluding hydrogens is 504 g/mol. The second kappa shape index (κ2) is 11.6. The average molecular weight is 533 g/mol. The molecule has 0 atom stereocenters. The quantitative estimate of drug-likeness (QED) is 0.271. The number of benzene rings is 3. The molecule has 6 nitrogen and oxygen atoms in total. The van der Waals surface area contributed by atoms with Crippen LogP contribution in [0.3, 0.4) is 0 Å². The van der Waals surface area contributed by atoms with E-state index in [4.69, 9.17) is 21.7 Å². The van der Waals surface area contributed by atoms with Crippen LogP contribution in [-0.2, 0) is 16.0 Å². The fraction of sp³-hybridized carbons (Fsp3) is 0.207. The Morgan fingerprint density at radius 1 is 1.05 bits per heavy atom. The number of anilines is 2. The molecule has 3 aromatic rings. The van der Waals surface area contributed by atoms with E-state index < -0.39 is 0 Å². The largest absolute Gasteiger partial charge is 0.493 e. The number of nitrogens with zero attached hydrogens (tertiary/aromatic N) is 1. The fourth-order valence-electron chi connectivity index (χ4n) is 3.82. The number of hydrogen-bond acceptors (Lipinski definition) is 6. The van der Waals surface area contributed by atoms with Crippen LogP contribution in [-0.4, -0.2) is 29.9 Å². The molecule has 1 N–H and O–H groups in total. The highest BCUT2D eigenvalue weighted by atomic mass is 32.2. The number of thiocarbonyl (C=S) groups is 1. The summed E-state index contributed by atoms with van der Waals surface area (Å²) in [6.07, 6.45) is 2.70. The Hall–Kier alpha value is -3.62. The summed E-state index contributed by atoms with van der Waals surface area (Å²) in [5.41, 5.74) is 5.50. The normalized spacial score (nSPS) is 14.3. The highest BCUT2D eigenvalue weighted by Gasteiger charge is 2.33. The van der Waals surface area contributed by atoms with Gasteiger partial charge in [-0.15, -0.1) is 0 Å². The molecule has 1 heterocycles. The standard InChI is InChI=1S/C29H28N2O4S2/c1-5-20-8-11-22(12-9-20)31-28(33)26(37-29(31)36)16-21-10-13-24(25(15-21)34-4)35-17-27(32)30-23-14-18(2)6-7-19(23)3/h6-16H,5,17H2,1-4H3,(H,30,32)/b26-16-. The molecule has 4 rings (SSSR count). The van der Waals surface area contributed by atoms with Crippen molar-refractivity contribution in [1.29, 1.82) is 0 Å². The monoisotopic (exact) mass is 532 g/mol. The predicted octanol–water partition coefficient (Wildman–Crippen LogP) is 6.30. The smallest absolute Gasteiger partial charge is 0.270 e. The van der Waals surface area contributed by atoms with Crippen molar-refractivity contribution >= 4 is 57.6 Å².